The van der Waals surface area contributed by atoms with Crippen LogP contribution in [0.25, 0.3) is 11.3 Å². The van der Waals surface area contributed by atoms with Crippen molar-refractivity contribution in [2.45, 2.75) is 25.9 Å². The highest BCUT2D eigenvalue weighted by Gasteiger charge is 2.32. The van der Waals surface area contributed by atoms with Gasteiger partial charge in [0.1, 0.15) is 17.4 Å². The van der Waals surface area contributed by atoms with Crippen LogP contribution in [-0.4, -0.2) is 21.7 Å². The summed E-state index contributed by atoms with van der Waals surface area (Å²) in [6.07, 6.45) is 2.15. The van der Waals surface area contributed by atoms with E-state index in [2.05, 4.69) is 11.1 Å². The molecule has 0 radical (unpaired) electrons. The molecule has 0 bridgehead atoms. The van der Waals surface area contributed by atoms with Gasteiger partial charge in [-0.05, 0) is 38.1 Å². The van der Waals surface area contributed by atoms with Gasteiger partial charge in [-0.3, -0.25) is 4.98 Å². The summed E-state index contributed by atoms with van der Waals surface area (Å²) in [5.74, 6) is -0.388. The topological polar surface area (TPSA) is 83.2 Å². The third kappa shape index (κ3) is 2.40. The number of carboxylic acids is 1. The Kier molecular flexibility index (Phi) is 3.10. The summed E-state index contributed by atoms with van der Waals surface area (Å²) in [7, 11) is 0. The number of aromatic carboxylic acids is 1. The maximum Gasteiger partial charge on any atom is 0.335 e. The lowest BCUT2D eigenvalue weighted by atomic mass is 9.97. The second-order valence-corrected chi connectivity index (χ2v) is 5.90. The second kappa shape index (κ2) is 4.85. The van der Waals surface area contributed by atoms with Crippen molar-refractivity contribution in [1.29, 1.82) is 5.26 Å². The lowest BCUT2D eigenvalue weighted by molar-refractivity contribution is 0.0696. The van der Waals surface area contributed by atoms with Crippen LogP contribution in [0.5, 0.6) is 5.75 Å². The first-order chi connectivity index (χ1) is 10.4. The maximum atomic E-state index is 11.1. The van der Waals surface area contributed by atoms with Gasteiger partial charge >= 0.3 is 5.97 Å². The van der Waals surface area contributed by atoms with E-state index in [1.807, 2.05) is 19.9 Å². The largest absolute Gasteiger partial charge is 0.486 e. The molecule has 3 rings (SSSR count). The highest BCUT2D eigenvalue weighted by atomic mass is 16.5. The van der Waals surface area contributed by atoms with E-state index in [1.54, 1.807) is 6.07 Å². The summed E-state index contributed by atoms with van der Waals surface area (Å²) in [4.78, 5) is 15.3. The highest BCUT2D eigenvalue weighted by Crippen LogP contribution is 2.40. The van der Waals surface area contributed by atoms with E-state index in [9.17, 15) is 10.1 Å². The Morgan fingerprint density at radius 1 is 1.41 bits per heavy atom. The van der Waals surface area contributed by atoms with E-state index in [1.165, 1.54) is 18.3 Å². The Labute approximate surface area is 127 Å². The minimum absolute atomic E-state index is 0.167. The van der Waals surface area contributed by atoms with Gasteiger partial charge in [-0.2, -0.15) is 5.26 Å². The highest BCUT2D eigenvalue weighted by molar-refractivity contribution is 5.89. The number of carboxylic acid groups (broad SMARTS) is 1. The van der Waals surface area contributed by atoms with E-state index < -0.39 is 5.97 Å². The Morgan fingerprint density at radius 3 is 2.86 bits per heavy atom. The van der Waals surface area contributed by atoms with Crippen molar-refractivity contribution in [1.82, 2.24) is 4.98 Å². The van der Waals surface area contributed by atoms with Gasteiger partial charge < -0.3 is 9.84 Å². The molecule has 0 saturated heterocycles. The molecule has 2 aromatic rings. The molecule has 0 unspecified atom stereocenters. The number of rotatable bonds is 2. The SMILES string of the molecule is CC1(C)Cc2cc(-c3cc(C(=O)O)ccn3)cc(C#N)c2O1. The first kappa shape index (κ1) is 14.1. The minimum Gasteiger partial charge on any atom is -0.486 e. The van der Waals surface area contributed by atoms with Gasteiger partial charge in [-0.1, -0.05) is 0 Å². The molecule has 0 amide bonds. The Balaban J connectivity index is 2.13. The standard InChI is InChI=1S/C17H14N2O3/c1-17(2)8-12-5-11(6-13(9-18)15(12)22-17)14-7-10(16(20)21)3-4-19-14/h3-7H,8H2,1-2H3,(H,20,21). The molecule has 0 saturated carbocycles. The molecule has 5 heteroatoms. The van der Waals surface area contributed by atoms with Gasteiger partial charge in [-0.15, -0.1) is 0 Å². The fourth-order valence-corrected chi connectivity index (χ4v) is 2.66. The number of hydrogen-bond donors (Lipinski definition) is 1. The summed E-state index contributed by atoms with van der Waals surface area (Å²) in [5.41, 5.74) is 2.47. The molecule has 5 nitrogen and oxygen atoms in total. The molecule has 2 heterocycles. The number of nitriles is 1. The molecular weight excluding hydrogens is 280 g/mol. The summed E-state index contributed by atoms with van der Waals surface area (Å²) >= 11 is 0. The maximum absolute atomic E-state index is 11.1. The van der Waals surface area contributed by atoms with E-state index in [0.29, 0.717) is 23.4 Å². The Morgan fingerprint density at radius 2 is 2.18 bits per heavy atom. The summed E-state index contributed by atoms with van der Waals surface area (Å²) in [5, 5.41) is 18.4. The van der Waals surface area contributed by atoms with E-state index in [0.717, 1.165) is 11.1 Å². The van der Waals surface area contributed by atoms with Crippen molar-refractivity contribution in [3.8, 4) is 23.1 Å². The molecule has 0 spiro atoms. The van der Waals surface area contributed by atoms with Crippen molar-refractivity contribution in [2.75, 3.05) is 0 Å². The van der Waals surface area contributed by atoms with Crippen molar-refractivity contribution < 1.29 is 14.6 Å². The zero-order valence-corrected chi connectivity index (χ0v) is 12.3. The molecule has 0 fully saturated rings. The zero-order chi connectivity index (χ0) is 15.9. The Hall–Kier alpha value is -2.87. The van der Waals surface area contributed by atoms with Crippen molar-refractivity contribution >= 4 is 5.97 Å². The van der Waals surface area contributed by atoms with Crippen LogP contribution in [0.2, 0.25) is 0 Å². The number of aromatic nitrogens is 1. The van der Waals surface area contributed by atoms with Crippen LogP contribution in [0.1, 0.15) is 35.3 Å². The van der Waals surface area contributed by atoms with E-state index in [4.69, 9.17) is 9.84 Å². The quantitative estimate of drug-likeness (QED) is 0.920. The smallest absolute Gasteiger partial charge is 0.335 e. The average Bonchev–Trinajstić information content (AvgIpc) is 2.80. The van der Waals surface area contributed by atoms with E-state index in [-0.39, 0.29) is 11.2 Å². The molecule has 110 valence electrons. The summed E-state index contributed by atoms with van der Waals surface area (Å²) < 4.78 is 5.83. The lowest BCUT2D eigenvalue weighted by Gasteiger charge is -2.17. The summed E-state index contributed by atoms with van der Waals surface area (Å²) in [6.45, 7) is 3.94. The molecule has 1 N–H and O–H groups in total. The molecule has 1 aromatic heterocycles. The first-order valence-corrected chi connectivity index (χ1v) is 6.85. The van der Waals surface area contributed by atoms with Crippen molar-refractivity contribution in [3.63, 3.8) is 0 Å². The molecule has 1 aliphatic rings. The van der Waals surface area contributed by atoms with Crippen LogP contribution in [0.3, 0.4) is 0 Å². The minimum atomic E-state index is -1.00. The van der Waals surface area contributed by atoms with Crippen LogP contribution in [0, 0.1) is 11.3 Å². The van der Waals surface area contributed by atoms with Gasteiger partial charge in [0.25, 0.3) is 0 Å². The van der Waals surface area contributed by atoms with Gasteiger partial charge in [0, 0.05) is 23.7 Å². The number of pyridine rings is 1. The fraction of sp³-hybridized carbons (Fsp3) is 0.235. The van der Waals surface area contributed by atoms with Crippen LogP contribution in [0.4, 0.5) is 0 Å². The molecule has 1 aliphatic heterocycles. The molecule has 0 aliphatic carbocycles. The first-order valence-electron chi connectivity index (χ1n) is 6.85. The number of nitrogens with zero attached hydrogens (tertiary/aromatic N) is 2. The molecule has 0 atom stereocenters. The number of benzene rings is 1. The van der Waals surface area contributed by atoms with Gasteiger partial charge in [0.05, 0.1) is 16.8 Å². The number of ether oxygens (including phenoxy) is 1. The lowest BCUT2D eigenvalue weighted by Crippen LogP contribution is -2.24. The van der Waals surface area contributed by atoms with Crippen LogP contribution >= 0.6 is 0 Å². The normalized spacial score (nSPS) is 14.8. The van der Waals surface area contributed by atoms with Crippen LogP contribution in [0.15, 0.2) is 30.5 Å². The van der Waals surface area contributed by atoms with Crippen molar-refractivity contribution in [3.05, 3.63) is 47.2 Å². The van der Waals surface area contributed by atoms with Gasteiger partial charge in [-0.25, -0.2) is 4.79 Å². The van der Waals surface area contributed by atoms with Crippen molar-refractivity contribution in [2.24, 2.45) is 0 Å². The fourth-order valence-electron chi connectivity index (χ4n) is 2.66. The monoisotopic (exact) mass is 294 g/mol. The van der Waals surface area contributed by atoms with E-state index >= 15 is 0 Å². The van der Waals surface area contributed by atoms with Crippen LogP contribution in [-0.2, 0) is 6.42 Å². The second-order valence-electron chi connectivity index (χ2n) is 5.90. The molecular formula is C17H14N2O3. The zero-order valence-electron chi connectivity index (χ0n) is 12.3. The number of hydrogen-bond acceptors (Lipinski definition) is 4. The molecule has 22 heavy (non-hydrogen) atoms. The predicted octanol–water partition coefficient (Wildman–Crippen LogP) is 3.03. The average molecular weight is 294 g/mol. The third-order valence-electron chi connectivity index (χ3n) is 3.58. The number of fused-ring (bicyclic) bond motifs is 1. The van der Waals surface area contributed by atoms with Crippen LogP contribution < -0.4 is 4.74 Å². The predicted molar refractivity (Wildman–Crippen MR) is 79.8 cm³/mol. The summed E-state index contributed by atoms with van der Waals surface area (Å²) in [6, 6.07) is 8.70. The Bertz CT molecular complexity index is 819. The third-order valence-corrected chi connectivity index (χ3v) is 3.58. The van der Waals surface area contributed by atoms with Gasteiger partial charge in [0.2, 0.25) is 0 Å². The van der Waals surface area contributed by atoms with Gasteiger partial charge in [0.15, 0.2) is 0 Å². The number of carbonyl (C=O) groups is 1. The molecule has 1 aromatic carbocycles.